The minimum absolute atomic E-state index is 0.320. The number of hydrogen-bond acceptors (Lipinski definition) is 2. The Hall–Kier alpha value is -1.80. The summed E-state index contributed by atoms with van der Waals surface area (Å²) in [6, 6.07) is 17.6. The number of nitrogens with one attached hydrogen (secondary N) is 1. The molecular formula is C19H25NO. The maximum atomic E-state index is 5.22. The average molecular weight is 283 g/mol. The van der Waals surface area contributed by atoms with Crippen molar-refractivity contribution < 1.29 is 4.74 Å². The van der Waals surface area contributed by atoms with Crippen LogP contribution in [0.4, 0.5) is 0 Å². The Morgan fingerprint density at radius 3 is 1.95 bits per heavy atom. The van der Waals surface area contributed by atoms with Crippen LogP contribution in [0.15, 0.2) is 48.5 Å². The molecule has 112 valence electrons. The Kier molecular flexibility index (Phi) is 5.40. The van der Waals surface area contributed by atoms with E-state index >= 15 is 0 Å². The lowest BCUT2D eigenvalue weighted by Gasteiger charge is -2.17. The van der Waals surface area contributed by atoms with Crippen LogP contribution < -0.4 is 10.1 Å². The summed E-state index contributed by atoms with van der Waals surface area (Å²) in [4.78, 5) is 0. The fourth-order valence-corrected chi connectivity index (χ4v) is 2.50. The second kappa shape index (κ2) is 7.28. The van der Waals surface area contributed by atoms with Crippen molar-refractivity contribution in [1.82, 2.24) is 5.32 Å². The van der Waals surface area contributed by atoms with Crippen molar-refractivity contribution in [2.75, 3.05) is 14.2 Å². The lowest BCUT2D eigenvalue weighted by Crippen LogP contribution is -2.18. The minimum Gasteiger partial charge on any atom is -0.497 e. The van der Waals surface area contributed by atoms with Crippen molar-refractivity contribution in [3.63, 3.8) is 0 Å². The topological polar surface area (TPSA) is 21.3 Å². The third-order valence-corrected chi connectivity index (χ3v) is 3.95. The summed E-state index contributed by atoms with van der Waals surface area (Å²) in [6.07, 6.45) is 0.987. The van der Waals surface area contributed by atoms with Crippen LogP contribution in [0.1, 0.15) is 42.5 Å². The van der Waals surface area contributed by atoms with Crippen molar-refractivity contribution >= 4 is 0 Å². The Morgan fingerprint density at radius 2 is 1.48 bits per heavy atom. The summed E-state index contributed by atoms with van der Waals surface area (Å²) in [7, 11) is 3.71. The van der Waals surface area contributed by atoms with E-state index in [1.165, 1.54) is 16.7 Å². The van der Waals surface area contributed by atoms with Gasteiger partial charge in [-0.2, -0.15) is 0 Å². The van der Waals surface area contributed by atoms with Crippen molar-refractivity contribution in [2.45, 2.75) is 32.2 Å². The van der Waals surface area contributed by atoms with Crippen LogP contribution in [0.2, 0.25) is 0 Å². The molecule has 2 rings (SSSR count). The predicted molar refractivity (Wildman–Crippen MR) is 89.0 cm³/mol. The van der Waals surface area contributed by atoms with Gasteiger partial charge in [-0.05, 0) is 48.2 Å². The number of ether oxygens (including phenoxy) is 1. The molecule has 0 fully saturated rings. The average Bonchev–Trinajstić information content (AvgIpc) is 2.53. The third kappa shape index (κ3) is 4.08. The van der Waals surface area contributed by atoms with E-state index in [-0.39, 0.29) is 0 Å². The van der Waals surface area contributed by atoms with Gasteiger partial charge in [-0.1, -0.05) is 50.2 Å². The number of methoxy groups -OCH3 is 1. The van der Waals surface area contributed by atoms with Gasteiger partial charge in [0.05, 0.1) is 7.11 Å². The highest BCUT2D eigenvalue weighted by Crippen LogP contribution is 2.22. The predicted octanol–water partition coefficient (Wildman–Crippen LogP) is 4.32. The highest BCUT2D eigenvalue weighted by Gasteiger charge is 2.10. The highest BCUT2D eigenvalue weighted by molar-refractivity contribution is 5.31. The molecule has 0 heterocycles. The Balaban J connectivity index is 2.10. The summed E-state index contributed by atoms with van der Waals surface area (Å²) < 4.78 is 5.22. The van der Waals surface area contributed by atoms with Gasteiger partial charge in [0.25, 0.3) is 0 Å². The quantitative estimate of drug-likeness (QED) is 0.852. The summed E-state index contributed by atoms with van der Waals surface area (Å²) in [5.41, 5.74) is 4.03. The standard InChI is InChI=1S/C19H25NO/c1-14(2)16-7-5-15(6-8-16)13-19(20-3)17-9-11-18(21-4)12-10-17/h5-12,14,19-20H,13H2,1-4H3. The molecular weight excluding hydrogens is 258 g/mol. The van der Waals surface area contributed by atoms with E-state index in [4.69, 9.17) is 4.74 Å². The largest absolute Gasteiger partial charge is 0.497 e. The van der Waals surface area contributed by atoms with Gasteiger partial charge in [0.2, 0.25) is 0 Å². The van der Waals surface area contributed by atoms with E-state index in [1.807, 2.05) is 19.2 Å². The fraction of sp³-hybridized carbons (Fsp3) is 0.368. The molecule has 0 amide bonds. The smallest absolute Gasteiger partial charge is 0.118 e. The van der Waals surface area contributed by atoms with E-state index in [2.05, 4.69) is 55.6 Å². The number of likely N-dealkylation sites (N-methyl/N-ethyl adjacent to an activating group) is 1. The molecule has 0 aliphatic rings. The van der Waals surface area contributed by atoms with E-state index < -0.39 is 0 Å². The van der Waals surface area contributed by atoms with Crippen molar-refractivity contribution in [3.05, 3.63) is 65.2 Å². The van der Waals surface area contributed by atoms with E-state index in [1.54, 1.807) is 7.11 Å². The molecule has 2 aromatic rings. The Labute approximate surface area is 128 Å². The first-order chi connectivity index (χ1) is 10.1. The van der Waals surface area contributed by atoms with Crippen LogP contribution in [0.5, 0.6) is 5.75 Å². The van der Waals surface area contributed by atoms with Crippen LogP contribution in [-0.2, 0) is 6.42 Å². The first-order valence-electron chi connectivity index (χ1n) is 7.54. The van der Waals surface area contributed by atoms with Crippen LogP contribution in [0.25, 0.3) is 0 Å². The summed E-state index contributed by atoms with van der Waals surface area (Å²) in [6.45, 7) is 4.45. The normalized spacial score (nSPS) is 12.4. The SMILES string of the molecule is CNC(Cc1ccc(C(C)C)cc1)c1ccc(OC)cc1. The second-order valence-electron chi connectivity index (χ2n) is 5.71. The minimum atomic E-state index is 0.320. The molecule has 0 spiro atoms. The molecule has 2 heteroatoms. The van der Waals surface area contributed by atoms with E-state index in [0.29, 0.717) is 12.0 Å². The van der Waals surface area contributed by atoms with Crippen LogP contribution in [0.3, 0.4) is 0 Å². The highest BCUT2D eigenvalue weighted by atomic mass is 16.5. The van der Waals surface area contributed by atoms with Crippen LogP contribution >= 0.6 is 0 Å². The number of rotatable bonds is 6. The molecule has 1 unspecified atom stereocenters. The molecule has 0 radical (unpaired) electrons. The lowest BCUT2D eigenvalue weighted by molar-refractivity contribution is 0.414. The zero-order chi connectivity index (χ0) is 15.2. The van der Waals surface area contributed by atoms with Gasteiger partial charge < -0.3 is 10.1 Å². The summed E-state index contributed by atoms with van der Waals surface area (Å²) in [5, 5.41) is 3.40. The molecule has 0 saturated carbocycles. The van der Waals surface area contributed by atoms with Gasteiger partial charge >= 0.3 is 0 Å². The zero-order valence-corrected chi connectivity index (χ0v) is 13.4. The van der Waals surface area contributed by atoms with Gasteiger partial charge in [0.1, 0.15) is 5.75 Å². The molecule has 1 atom stereocenters. The molecule has 0 saturated heterocycles. The van der Waals surface area contributed by atoms with Crippen LogP contribution in [0, 0.1) is 0 Å². The monoisotopic (exact) mass is 283 g/mol. The summed E-state index contributed by atoms with van der Waals surface area (Å²) >= 11 is 0. The molecule has 0 aromatic heterocycles. The van der Waals surface area contributed by atoms with Crippen LogP contribution in [-0.4, -0.2) is 14.2 Å². The van der Waals surface area contributed by atoms with Crippen molar-refractivity contribution in [1.29, 1.82) is 0 Å². The van der Waals surface area contributed by atoms with Crippen molar-refractivity contribution in [3.8, 4) is 5.75 Å². The fourth-order valence-electron chi connectivity index (χ4n) is 2.50. The molecule has 0 aliphatic heterocycles. The van der Waals surface area contributed by atoms with E-state index in [0.717, 1.165) is 12.2 Å². The van der Waals surface area contributed by atoms with Gasteiger partial charge in [0.15, 0.2) is 0 Å². The Bertz CT molecular complexity index is 543. The number of benzene rings is 2. The first kappa shape index (κ1) is 15.6. The molecule has 0 aliphatic carbocycles. The second-order valence-corrected chi connectivity index (χ2v) is 5.71. The Morgan fingerprint density at radius 1 is 0.905 bits per heavy atom. The van der Waals surface area contributed by atoms with E-state index in [9.17, 15) is 0 Å². The van der Waals surface area contributed by atoms with Crippen molar-refractivity contribution in [2.24, 2.45) is 0 Å². The molecule has 0 bridgehead atoms. The molecule has 21 heavy (non-hydrogen) atoms. The number of hydrogen-bond donors (Lipinski definition) is 1. The molecule has 2 nitrogen and oxygen atoms in total. The first-order valence-corrected chi connectivity index (χ1v) is 7.54. The van der Waals surface area contributed by atoms with Gasteiger partial charge in [0, 0.05) is 6.04 Å². The third-order valence-electron chi connectivity index (χ3n) is 3.95. The maximum Gasteiger partial charge on any atom is 0.118 e. The zero-order valence-electron chi connectivity index (χ0n) is 13.4. The van der Waals surface area contributed by atoms with Gasteiger partial charge in [-0.3, -0.25) is 0 Å². The maximum absolute atomic E-state index is 5.22. The van der Waals surface area contributed by atoms with Gasteiger partial charge in [-0.15, -0.1) is 0 Å². The summed E-state index contributed by atoms with van der Waals surface area (Å²) in [5.74, 6) is 1.48. The lowest BCUT2D eigenvalue weighted by atomic mass is 9.96. The molecule has 2 aromatic carbocycles. The molecule has 1 N–H and O–H groups in total. The van der Waals surface area contributed by atoms with Gasteiger partial charge in [-0.25, -0.2) is 0 Å².